The molecule has 3 unspecified atom stereocenters. The Morgan fingerprint density at radius 2 is 2.04 bits per heavy atom. The first kappa shape index (κ1) is 20.4. The van der Waals surface area contributed by atoms with E-state index in [4.69, 9.17) is 9.84 Å². The molecule has 3 rings (SSSR count). The molecule has 0 aromatic heterocycles. The molecule has 0 aromatic rings. The van der Waals surface area contributed by atoms with Gasteiger partial charge in [0.1, 0.15) is 0 Å². The normalized spacial score (nSPS) is 29.7. The van der Waals surface area contributed by atoms with Crippen LogP contribution in [0.5, 0.6) is 0 Å². The van der Waals surface area contributed by atoms with Crippen LogP contribution in [-0.2, 0) is 9.53 Å². The molecule has 0 radical (unpaired) electrons. The van der Waals surface area contributed by atoms with Gasteiger partial charge >= 0.3 is 12.1 Å². The Balaban J connectivity index is 1.71. The Bertz CT molecular complexity index is 526. The van der Waals surface area contributed by atoms with Gasteiger partial charge in [0.15, 0.2) is 6.23 Å². The zero-order valence-electron chi connectivity index (χ0n) is 16.6. The second-order valence-corrected chi connectivity index (χ2v) is 8.12. The Hall–Kier alpha value is -1.38. The Morgan fingerprint density at radius 3 is 2.63 bits per heavy atom. The molecule has 3 heterocycles. The fraction of sp³-hybridized carbons (Fsp3) is 0.895. The standard InChI is InChI=1S/C19H34N4O4/c1-3-15(14-4-7-20-8-5-14)16-12-23(17-13-21(2)19(26)27-17)11-10-22(16)9-6-18(24)25/h14-17,20H,3-13H2,1-2H3,(H,24,25). The third-order valence-electron chi connectivity index (χ3n) is 6.52. The number of nitrogens with one attached hydrogen (secondary N) is 1. The van der Waals surface area contributed by atoms with Crippen LogP contribution in [0.1, 0.15) is 32.6 Å². The first-order chi connectivity index (χ1) is 13.0. The number of ether oxygens (including phenoxy) is 1. The summed E-state index contributed by atoms with van der Waals surface area (Å²) in [6.07, 6.45) is 3.20. The molecule has 0 aromatic carbocycles. The van der Waals surface area contributed by atoms with Crippen LogP contribution in [-0.4, -0.2) is 97.0 Å². The summed E-state index contributed by atoms with van der Waals surface area (Å²) >= 11 is 0. The Morgan fingerprint density at radius 1 is 1.30 bits per heavy atom. The number of carbonyl (C=O) groups excluding carboxylic acids is 1. The summed E-state index contributed by atoms with van der Waals surface area (Å²) in [5.41, 5.74) is 0. The summed E-state index contributed by atoms with van der Waals surface area (Å²) in [7, 11) is 1.77. The summed E-state index contributed by atoms with van der Waals surface area (Å²) in [4.78, 5) is 29.2. The second kappa shape index (κ2) is 9.21. The minimum Gasteiger partial charge on any atom is -0.481 e. The molecule has 0 spiro atoms. The van der Waals surface area contributed by atoms with Gasteiger partial charge in [-0.1, -0.05) is 13.3 Å². The molecular weight excluding hydrogens is 348 g/mol. The molecule has 3 fully saturated rings. The first-order valence-electron chi connectivity index (χ1n) is 10.3. The molecule has 0 aliphatic carbocycles. The SMILES string of the molecule is CCC(C1CCNCC1)C1CN(C2CN(C)C(=O)O2)CCN1CCC(=O)O. The van der Waals surface area contributed by atoms with E-state index in [0.29, 0.717) is 31.0 Å². The molecule has 8 nitrogen and oxygen atoms in total. The van der Waals surface area contributed by atoms with Crippen LogP contribution in [0.25, 0.3) is 0 Å². The van der Waals surface area contributed by atoms with Crippen LogP contribution in [0.2, 0.25) is 0 Å². The van der Waals surface area contributed by atoms with Crippen molar-refractivity contribution in [3.63, 3.8) is 0 Å². The highest BCUT2D eigenvalue weighted by molar-refractivity contribution is 5.69. The quantitative estimate of drug-likeness (QED) is 0.676. The minimum absolute atomic E-state index is 0.181. The van der Waals surface area contributed by atoms with Gasteiger partial charge in [0, 0.05) is 39.3 Å². The van der Waals surface area contributed by atoms with Crippen molar-refractivity contribution in [3.05, 3.63) is 0 Å². The number of aliphatic carboxylic acids is 1. The van der Waals surface area contributed by atoms with Crippen LogP contribution in [0.4, 0.5) is 4.79 Å². The van der Waals surface area contributed by atoms with E-state index in [-0.39, 0.29) is 18.7 Å². The summed E-state index contributed by atoms with van der Waals surface area (Å²) in [5, 5.41) is 12.6. The maximum atomic E-state index is 11.8. The molecule has 1 amide bonds. The summed E-state index contributed by atoms with van der Waals surface area (Å²) in [6.45, 7) is 8.07. The molecule has 27 heavy (non-hydrogen) atoms. The van der Waals surface area contributed by atoms with Crippen LogP contribution >= 0.6 is 0 Å². The highest BCUT2D eigenvalue weighted by Crippen LogP contribution is 2.33. The largest absolute Gasteiger partial charge is 0.481 e. The highest BCUT2D eigenvalue weighted by atomic mass is 16.6. The zero-order valence-corrected chi connectivity index (χ0v) is 16.6. The maximum absolute atomic E-state index is 11.8. The van der Waals surface area contributed by atoms with Gasteiger partial charge in [-0.2, -0.15) is 0 Å². The van der Waals surface area contributed by atoms with E-state index in [2.05, 4.69) is 22.0 Å². The number of amides is 1. The molecule has 2 N–H and O–H groups in total. The average Bonchev–Trinajstić information content (AvgIpc) is 3.01. The average molecular weight is 383 g/mol. The molecule has 3 aliphatic rings. The van der Waals surface area contributed by atoms with Crippen LogP contribution < -0.4 is 5.32 Å². The third-order valence-corrected chi connectivity index (χ3v) is 6.52. The molecule has 8 heteroatoms. The van der Waals surface area contributed by atoms with Crippen LogP contribution in [0, 0.1) is 11.8 Å². The predicted octanol–water partition coefficient (Wildman–Crippen LogP) is 0.881. The molecule has 3 saturated heterocycles. The van der Waals surface area contributed by atoms with Crippen molar-refractivity contribution in [2.45, 2.75) is 44.9 Å². The molecular formula is C19H34N4O4. The lowest BCUT2D eigenvalue weighted by Gasteiger charge is -2.48. The van der Waals surface area contributed by atoms with Crippen molar-refractivity contribution in [2.75, 3.05) is 52.9 Å². The van der Waals surface area contributed by atoms with Crippen molar-refractivity contribution in [1.29, 1.82) is 0 Å². The van der Waals surface area contributed by atoms with Crippen LogP contribution in [0.3, 0.4) is 0 Å². The maximum Gasteiger partial charge on any atom is 0.411 e. The Kier molecular flexibility index (Phi) is 6.94. The number of piperidine rings is 1. The number of rotatable bonds is 7. The van der Waals surface area contributed by atoms with Gasteiger partial charge < -0.3 is 20.1 Å². The van der Waals surface area contributed by atoms with Gasteiger partial charge in [-0.05, 0) is 37.8 Å². The van der Waals surface area contributed by atoms with Gasteiger partial charge in [0.2, 0.25) is 0 Å². The van der Waals surface area contributed by atoms with Crippen molar-refractivity contribution in [2.24, 2.45) is 11.8 Å². The van der Waals surface area contributed by atoms with Gasteiger partial charge in [0.25, 0.3) is 0 Å². The van der Waals surface area contributed by atoms with Gasteiger partial charge in [-0.25, -0.2) is 4.79 Å². The van der Waals surface area contributed by atoms with Crippen molar-refractivity contribution in [3.8, 4) is 0 Å². The van der Waals surface area contributed by atoms with E-state index >= 15 is 0 Å². The number of nitrogens with zero attached hydrogens (tertiary/aromatic N) is 3. The lowest BCUT2D eigenvalue weighted by Crippen LogP contribution is -2.60. The summed E-state index contributed by atoms with van der Waals surface area (Å²) < 4.78 is 5.54. The second-order valence-electron chi connectivity index (χ2n) is 8.12. The van der Waals surface area contributed by atoms with Crippen molar-refractivity contribution in [1.82, 2.24) is 20.0 Å². The Labute approximate surface area is 161 Å². The van der Waals surface area contributed by atoms with Gasteiger partial charge in [-0.3, -0.25) is 14.6 Å². The molecule has 154 valence electrons. The summed E-state index contributed by atoms with van der Waals surface area (Å²) in [5.74, 6) is 0.471. The van der Waals surface area contributed by atoms with E-state index in [1.807, 2.05) is 0 Å². The number of cyclic esters (lactones) is 1. The molecule has 3 atom stereocenters. The first-order valence-corrected chi connectivity index (χ1v) is 10.3. The number of carbonyl (C=O) groups is 2. The van der Waals surface area contributed by atoms with Crippen LogP contribution in [0.15, 0.2) is 0 Å². The lowest BCUT2D eigenvalue weighted by molar-refractivity contribution is -0.138. The molecule has 0 saturated carbocycles. The predicted molar refractivity (Wildman–Crippen MR) is 101 cm³/mol. The van der Waals surface area contributed by atoms with E-state index < -0.39 is 5.97 Å². The van der Waals surface area contributed by atoms with Gasteiger partial charge in [0.05, 0.1) is 13.0 Å². The molecule has 3 aliphatic heterocycles. The van der Waals surface area contributed by atoms with E-state index in [9.17, 15) is 9.59 Å². The van der Waals surface area contributed by atoms with Gasteiger partial charge in [-0.15, -0.1) is 0 Å². The number of likely N-dealkylation sites (N-methyl/N-ethyl adjacent to an activating group) is 1. The highest BCUT2D eigenvalue weighted by Gasteiger charge is 2.41. The smallest absolute Gasteiger partial charge is 0.411 e. The summed E-state index contributed by atoms with van der Waals surface area (Å²) in [6, 6.07) is 0.316. The lowest BCUT2D eigenvalue weighted by atomic mass is 9.77. The van der Waals surface area contributed by atoms with E-state index in [0.717, 1.165) is 39.1 Å². The van der Waals surface area contributed by atoms with Crippen molar-refractivity contribution >= 4 is 12.1 Å². The molecule has 0 bridgehead atoms. The van der Waals surface area contributed by atoms with Crippen molar-refractivity contribution < 1.29 is 19.4 Å². The number of carboxylic acids is 1. The van der Waals surface area contributed by atoms with E-state index in [1.165, 1.54) is 12.8 Å². The number of hydrogen-bond acceptors (Lipinski definition) is 6. The monoisotopic (exact) mass is 382 g/mol. The van der Waals surface area contributed by atoms with E-state index in [1.54, 1.807) is 11.9 Å². The fourth-order valence-electron chi connectivity index (χ4n) is 4.99. The zero-order chi connectivity index (χ0) is 19.4. The topological polar surface area (TPSA) is 85.4 Å². The minimum atomic E-state index is -0.738. The fourth-order valence-corrected chi connectivity index (χ4v) is 4.99. The number of hydrogen-bond donors (Lipinski definition) is 2. The number of carboxylic acid groups (broad SMARTS) is 1. The third kappa shape index (κ3) is 4.92. The number of piperazine rings is 1.